The van der Waals surface area contributed by atoms with Crippen molar-refractivity contribution in [1.82, 2.24) is 19.9 Å². The number of pyridine rings is 2. The Hall–Kier alpha value is -3.54. The standard InChI is InChI=1S/C19H15N5O/c1-25-15-4-2-14(3-5-15)22-19-16-8-11-21-12-17(16)23-18(24-19)13-6-9-20-10-7-13/h2-12H,1H3,(H,22,23,24). The number of nitrogens with zero attached hydrogens (tertiary/aromatic N) is 4. The highest BCUT2D eigenvalue weighted by molar-refractivity contribution is 5.91. The lowest BCUT2D eigenvalue weighted by molar-refractivity contribution is 0.415. The van der Waals surface area contributed by atoms with E-state index in [0.717, 1.165) is 33.7 Å². The molecule has 3 heterocycles. The summed E-state index contributed by atoms with van der Waals surface area (Å²) < 4.78 is 5.20. The molecular formula is C19H15N5O. The van der Waals surface area contributed by atoms with Gasteiger partial charge in [0.15, 0.2) is 5.82 Å². The summed E-state index contributed by atoms with van der Waals surface area (Å²) in [5, 5.41) is 4.26. The number of hydrogen-bond acceptors (Lipinski definition) is 6. The van der Waals surface area contributed by atoms with Gasteiger partial charge in [0.2, 0.25) is 0 Å². The Balaban J connectivity index is 1.80. The maximum absolute atomic E-state index is 5.20. The van der Waals surface area contributed by atoms with E-state index in [1.54, 1.807) is 31.9 Å². The number of methoxy groups -OCH3 is 1. The van der Waals surface area contributed by atoms with Crippen LogP contribution in [0.4, 0.5) is 11.5 Å². The van der Waals surface area contributed by atoms with Gasteiger partial charge < -0.3 is 10.1 Å². The van der Waals surface area contributed by atoms with E-state index in [4.69, 9.17) is 9.72 Å². The second-order valence-electron chi connectivity index (χ2n) is 5.38. The van der Waals surface area contributed by atoms with Crippen LogP contribution in [0.15, 0.2) is 67.3 Å². The molecule has 0 radical (unpaired) electrons. The summed E-state index contributed by atoms with van der Waals surface area (Å²) in [6.07, 6.45) is 6.92. The molecule has 1 aromatic carbocycles. The number of aromatic nitrogens is 4. The zero-order chi connectivity index (χ0) is 17.1. The van der Waals surface area contributed by atoms with Gasteiger partial charge in [-0.2, -0.15) is 0 Å². The predicted octanol–water partition coefficient (Wildman–Crippen LogP) is 3.84. The van der Waals surface area contributed by atoms with Crippen molar-refractivity contribution in [3.8, 4) is 17.1 Å². The van der Waals surface area contributed by atoms with Crippen molar-refractivity contribution in [3.63, 3.8) is 0 Å². The van der Waals surface area contributed by atoms with E-state index < -0.39 is 0 Å². The lowest BCUT2D eigenvalue weighted by Gasteiger charge is -2.11. The molecule has 0 spiro atoms. The second kappa shape index (κ2) is 6.52. The zero-order valence-corrected chi connectivity index (χ0v) is 13.5. The molecule has 6 heteroatoms. The third-order valence-corrected chi connectivity index (χ3v) is 3.79. The molecule has 4 rings (SSSR count). The van der Waals surface area contributed by atoms with Crippen molar-refractivity contribution < 1.29 is 4.74 Å². The number of benzene rings is 1. The quantitative estimate of drug-likeness (QED) is 0.613. The number of ether oxygens (including phenoxy) is 1. The van der Waals surface area contributed by atoms with Crippen LogP contribution < -0.4 is 10.1 Å². The summed E-state index contributed by atoms with van der Waals surface area (Å²) in [6, 6.07) is 13.4. The number of anilines is 2. The zero-order valence-electron chi connectivity index (χ0n) is 13.5. The van der Waals surface area contributed by atoms with Gasteiger partial charge >= 0.3 is 0 Å². The first-order chi connectivity index (χ1) is 12.3. The third-order valence-electron chi connectivity index (χ3n) is 3.79. The molecule has 0 amide bonds. The molecule has 4 aromatic rings. The van der Waals surface area contributed by atoms with Crippen molar-refractivity contribution in [2.24, 2.45) is 0 Å². The van der Waals surface area contributed by atoms with E-state index in [2.05, 4.69) is 20.3 Å². The fourth-order valence-electron chi connectivity index (χ4n) is 2.52. The van der Waals surface area contributed by atoms with Crippen LogP contribution in [0.1, 0.15) is 0 Å². The molecule has 1 N–H and O–H groups in total. The minimum Gasteiger partial charge on any atom is -0.497 e. The van der Waals surface area contributed by atoms with Gasteiger partial charge in [-0.1, -0.05) is 0 Å². The fourth-order valence-corrected chi connectivity index (χ4v) is 2.52. The summed E-state index contributed by atoms with van der Waals surface area (Å²) in [6.45, 7) is 0. The Morgan fingerprint density at radius 2 is 1.60 bits per heavy atom. The molecule has 0 aliphatic rings. The highest BCUT2D eigenvalue weighted by Gasteiger charge is 2.10. The van der Waals surface area contributed by atoms with E-state index in [1.807, 2.05) is 42.5 Å². The number of fused-ring (bicyclic) bond motifs is 1. The first-order valence-corrected chi connectivity index (χ1v) is 7.77. The molecule has 122 valence electrons. The van der Waals surface area contributed by atoms with Gasteiger partial charge in [0, 0.05) is 35.2 Å². The van der Waals surface area contributed by atoms with Crippen LogP contribution in [0, 0.1) is 0 Å². The van der Waals surface area contributed by atoms with E-state index in [-0.39, 0.29) is 0 Å². The molecule has 0 bridgehead atoms. The minimum absolute atomic E-state index is 0.624. The first-order valence-electron chi connectivity index (χ1n) is 7.77. The Morgan fingerprint density at radius 1 is 0.840 bits per heavy atom. The van der Waals surface area contributed by atoms with Gasteiger partial charge in [-0.05, 0) is 42.5 Å². The second-order valence-corrected chi connectivity index (χ2v) is 5.38. The summed E-state index contributed by atoms with van der Waals surface area (Å²) in [5.41, 5.74) is 2.59. The van der Waals surface area contributed by atoms with Crippen molar-refractivity contribution >= 4 is 22.4 Å². The third kappa shape index (κ3) is 3.10. The molecule has 0 atom stereocenters. The lowest BCUT2D eigenvalue weighted by atomic mass is 10.2. The molecule has 0 aliphatic carbocycles. The van der Waals surface area contributed by atoms with Crippen LogP contribution in [-0.4, -0.2) is 27.0 Å². The van der Waals surface area contributed by atoms with Gasteiger partial charge in [-0.25, -0.2) is 9.97 Å². The smallest absolute Gasteiger partial charge is 0.162 e. The van der Waals surface area contributed by atoms with Gasteiger partial charge in [-0.15, -0.1) is 0 Å². The molecule has 6 nitrogen and oxygen atoms in total. The van der Waals surface area contributed by atoms with E-state index in [1.165, 1.54) is 0 Å². The topological polar surface area (TPSA) is 72.8 Å². The Labute approximate surface area is 144 Å². The maximum Gasteiger partial charge on any atom is 0.162 e. The van der Waals surface area contributed by atoms with Crippen LogP contribution in [0.2, 0.25) is 0 Å². The highest BCUT2D eigenvalue weighted by atomic mass is 16.5. The molecule has 0 saturated heterocycles. The van der Waals surface area contributed by atoms with E-state index >= 15 is 0 Å². The Morgan fingerprint density at radius 3 is 2.36 bits per heavy atom. The van der Waals surface area contributed by atoms with Crippen LogP contribution in [-0.2, 0) is 0 Å². The summed E-state index contributed by atoms with van der Waals surface area (Å²) in [5.74, 6) is 2.16. The van der Waals surface area contributed by atoms with Crippen molar-refractivity contribution in [3.05, 3.63) is 67.3 Å². The van der Waals surface area contributed by atoms with Crippen LogP contribution >= 0.6 is 0 Å². The molecule has 0 fully saturated rings. The van der Waals surface area contributed by atoms with Gasteiger partial charge in [0.05, 0.1) is 18.8 Å². The largest absolute Gasteiger partial charge is 0.497 e. The lowest BCUT2D eigenvalue weighted by Crippen LogP contribution is -1.99. The van der Waals surface area contributed by atoms with Gasteiger partial charge in [0.1, 0.15) is 11.6 Å². The average molecular weight is 329 g/mol. The normalized spacial score (nSPS) is 10.6. The predicted molar refractivity (Wildman–Crippen MR) is 96.8 cm³/mol. The minimum atomic E-state index is 0.624. The molecule has 0 saturated carbocycles. The SMILES string of the molecule is COc1ccc(Nc2nc(-c3ccncc3)nc3cnccc23)cc1. The average Bonchev–Trinajstić information content (AvgIpc) is 2.69. The van der Waals surface area contributed by atoms with Crippen molar-refractivity contribution in [1.29, 1.82) is 0 Å². The molecular weight excluding hydrogens is 314 g/mol. The molecule has 0 unspecified atom stereocenters. The molecule has 25 heavy (non-hydrogen) atoms. The maximum atomic E-state index is 5.20. The Kier molecular flexibility index (Phi) is 3.92. The number of nitrogens with one attached hydrogen (secondary N) is 1. The number of rotatable bonds is 4. The summed E-state index contributed by atoms with van der Waals surface area (Å²) in [4.78, 5) is 17.5. The van der Waals surface area contributed by atoms with Gasteiger partial charge in [-0.3, -0.25) is 9.97 Å². The van der Waals surface area contributed by atoms with Crippen molar-refractivity contribution in [2.75, 3.05) is 12.4 Å². The van der Waals surface area contributed by atoms with Gasteiger partial charge in [0.25, 0.3) is 0 Å². The van der Waals surface area contributed by atoms with E-state index in [0.29, 0.717) is 5.82 Å². The highest BCUT2D eigenvalue weighted by Crippen LogP contribution is 2.27. The fraction of sp³-hybridized carbons (Fsp3) is 0.0526. The molecule has 3 aromatic heterocycles. The van der Waals surface area contributed by atoms with Crippen LogP contribution in [0.5, 0.6) is 5.75 Å². The summed E-state index contributed by atoms with van der Waals surface area (Å²) in [7, 11) is 1.65. The number of hydrogen-bond donors (Lipinski definition) is 1. The van der Waals surface area contributed by atoms with Crippen molar-refractivity contribution in [2.45, 2.75) is 0 Å². The van der Waals surface area contributed by atoms with E-state index in [9.17, 15) is 0 Å². The van der Waals surface area contributed by atoms with Crippen LogP contribution in [0.25, 0.3) is 22.3 Å². The summed E-state index contributed by atoms with van der Waals surface area (Å²) >= 11 is 0. The monoisotopic (exact) mass is 329 g/mol. The molecule has 0 aliphatic heterocycles. The van der Waals surface area contributed by atoms with Crippen LogP contribution in [0.3, 0.4) is 0 Å². The first kappa shape index (κ1) is 15.0. The Bertz CT molecular complexity index is 1000.